The summed E-state index contributed by atoms with van der Waals surface area (Å²) in [5.74, 6) is -0.721. The van der Waals surface area contributed by atoms with Gasteiger partial charge in [-0.05, 0) is 42.2 Å². The summed E-state index contributed by atoms with van der Waals surface area (Å²) >= 11 is 0. The highest BCUT2D eigenvalue weighted by molar-refractivity contribution is 5.83. The number of hydrogen-bond acceptors (Lipinski definition) is 2. The zero-order valence-electron chi connectivity index (χ0n) is 12.4. The maximum atomic E-state index is 13.0. The molecule has 1 aliphatic carbocycles. The first kappa shape index (κ1) is 14.7. The molecule has 2 aromatic rings. The van der Waals surface area contributed by atoms with Crippen LogP contribution in [0, 0.1) is 5.82 Å². The Bertz CT molecular complexity index is 684. The summed E-state index contributed by atoms with van der Waals surface area (Å²) in [6, 6.07) is 13.8. The fourth-order valence-electron chi connectivity index (χ4n) is 2.98. The third-order valence-electron chi connectivity index (χ3n) is 4.38. The summed E-state index contributed by atoms with van der Waals surface area (Å²) in [5, 5.41) is 3.03. The van der Waals surface area contributed by atoms with Crippen molar-refractivity contribution < 1.29 is 9.18 Å². The van der Waals surface area contributed by atoms with E-state index < -0.39 is 0 Å². The van der Waals surface area contributed by atoms with Crippen molar-refractivity contribution in [2.45, 2.75) is 31.3 Å². The van der Waals surface area contributed by atoms with Gasteiger partial charge in [-0.15, -0.1) is 0 Å². The molecule has 3 rings (SSSR count). The number of amides is 1. The summed E-state index contributed by atoms with van der Waals surface area (Å²) in [4.78, 5) is 12.4. The molecular formula is C18H19FN2O. The average Bonchev–Trinajstić information content (AvgIpc) is 2.84. The minimum absolute atomic E-state index is 0.0835. The van der Waals surface area contributed by atoms with Crippen LogP contribution in [0.4, 0.5) is 4.39 Å². The largest absolute Gasteiger partial charge is 0.351 e. The van der Waals surface area contributed by atoms with E-state index in [1.807, 2.05) is 31.2 Å². The molecule has 3 nitrogen and oxygen atoms in total. The predicted octanol–water partition coefficient (Wildman–Crippen LogP) is 2.67. The van der Waals surface area contributed by atoms with Gasteiger partial charge in [0.25, 0.3) is 0 Å². The lowest BCUT2D eigenvalue weighted by Gasteiger charge is -2.21. The molecule has 1 aliphatic rings. The first-order valence-electron chi connectivity index (χ1n) is 7.45. The van der Waals surface area contributed by atoms with Crippen LogP contribution in [0.3, 0.4) is 0 Å². The Morgan fingerprint density at radius 1 is 1.23 bits per heavy atom. The molecule has 1 amide bonds. The molecule has 3 atom stereocenters. The van der Waals surface area contributed by atoms with E-state index in [0.717, 1.165) is 17.5 Å². The van der Waals surface area contributed by atoms with E-state index in [1.54, 1.807) is 12.1 Å². The lowest BCUT2D eigenvalue weighted by Crippen LogP contribution is -2.42. The molecule has 0 heterocycles. The molecular weight excluding hydrogens is 279 g/mol. The van der Waals surface area contributed by atoms with Crippen molar-refractivity contribution in [2.75, 3.05) is 0 Å². The zero-order valence-corrected chi connectivity index (χ0v) is 12.4. The average molecular weight is 298 g/mol. The number of nitrogens with one attached hydrogen (secondary N) is 1. The van der Waals surface area contributed by atoms with E-state index in [2.05, 4.69) is 5.32 Å². The smallest absolute Gasteiger partial charge is 0.227 e. The molecule has 114 valence electrons. The van der Waals surface area contributed by atoms with Crippen molar-refractivity contribution >= 4 is 5.91 Å². The monoisotopic (exact) mass is 298 g/mol. The highest BCUT2D eigenvalue weighted by atomic mass is 19.1. The molecule has 22 heavy (non-hydrogen) atoms. The lowest BCUT2D eigenvalue weighted by molar-refractivity contribution is -0.123. The van der Waals surface area contributed by atoms with Gasteiger partial charge in [-0.25, -0.2) is 4.39 Å². The number of carbonyl (C=O) groups is 1. The van der Waals surface area contributed by atoms with Crippen molar-refractivity contribution in [2.24, 2.45) is 5.73 Å². The fourth-order valence-corrected chi connectivity index (χ4v) is 2.98. The number of nitrogens with two attached hydrogens (primary N) is 1. The van der Waals surface area contributed by atoms with Crippen molar-refractivity contribution in [1.82, 2.24) is 5.32 Å². The van der Waals surface area contributed by atoms with Crippen molar-refractivity contribution in [3.05, 3.63) is 71.0 Å². The van der Waals surface area contributed by atoms with Crippen LogP contribution >= 0.6 is 0 Å². The summed E-state index contributed by atoms with van der Waals surface area (Å²) in [5.41, 5.74) is 9.32. The Balaban J connectivity index is 1.69. The molecule has 0 saturated heterocycles. The molecule has 0 fully saturated rings. The second-order valence-electron chi connectivity index (χ2n) is 5.82. The van der Waals surface area contributed by atoms with Crippen LogP contribution < -0.4 is 11.1 Å². The summed E-state index contributed by atoms with van der Waals surface area (Å²) < 4.78 is 13.0. The summed E-state index contributed by atoms with van der Waals surface area (Å²) in [6.45, 7) is 1.82. The van der Waals surface area contributed by atoms with Gasteiger partial charge in [-0.1, -0.05) is 36.4 Å². The maximum Gasteiger partial charge on any atom is 0.227 e. The van der Waals surface area contributed by atoms with Gasteiger partial charge in [-0.2, -0.15) is 0 Å². The molecule has 3 N–H and O–H groups in total. The third kappa shape index (κ3) is 2.74. The highest BCUT2D eigenvalue weighted by Gasteiger charge is 2.31. The molecule has 0 aromatic heterocycles. The van der Waals surface area contributed by atoms with E-state index >= 15 is 0 Å². The number of halogens is 1. The van der Waals surface area contributed by atoms with Gasteiger partial charge in [-0.3, -0.25) is 4.79 Å². The lowest BCUT2D eigenvalue weighted by atomic mass is 9.99. The number of carbonyl (C=O) groups excluding carboxylic acids is 1. The highest BCUT2D eigenvalue weighted by Crippen LogP contribution is 2.29. The van der Waals surface area contributed by atoms with Crippen molar-refractivity contribution in [3.8, 4) is 0 Å². The molecule has 0 saturated carbocycles. The van der Waals surface area contributed by atoms with E-state index in [4.69, 9.17) is 5.73 Å². The van der Waals surface area contributed by atoms with E-state index in [0.29, 0.717) is 0 Å². The van der Waals surface area contributed by atoms with E-state index in [1.165, 1.54) is 17.7 Å². The summed E-state index contributed by atoms with van der Waals surface area (Å²) in [6.07, 6.45) is 0.749. The van der Waals surface area contributed by atoms with Crippen LogP contribution in [-0.2, 0) is 11.2 Å². The number of hydrogen-bond donors (Lipinski definition) is 2. The van der Waals surface area contributed by atoms with Crippen LogP contribution in [-0.4, -0.2) is 11.9 Å². The zero-order chi connectivity index (χ0) is 15.7. The Morgan fingerprint density at radius 2 is 1.91 bits per heavy atom. The predicted molar refractivity (Wildman–Crippen MR) is 83.8 cm³/mol. The molecule has 2 aromatic carbocycles. The van der Waals surface area contributed by atoms with Gasteiger partial charge in [0.2, 0.25) is 5.91 Å². The third-order valence-corrected chi connectivity index (χ3v) is 4.38. The van der Waals surface area contributed by atoms with E-state index in [9.17, 15) is 9.18 Å². The van der Waals surface area contributed by atoms with Crippen LogP contribution in [0.5, 0.6) is 0 Å². The minimum atomic E-state index is -0.337. The fraction of sp³-hybridized carbons (Fsp3) is 0.278. The van der Waals surface area contributed by atoms with Gasteiger partial charge >= 0.3 is 0 Å². The van der Waals surface area contributed by atoms with Crippen LogP contribution in [0.25, 0.3) is 0 Å². The molecule has 0 spiro atoms. The molecule has 0 bridgehead atoms. The maximum absolute atomic E-state index is 13.0. The second kappa shape index (κ2) is 5.89. The first-order chi connectivity index (χ1) is 10.6. The molecule has 0 aliphatic heterocycles. The van der Waals surface area contributed by atoms with Crippen LogP contribution in [0.15, 0.2) is 48.5 Å². The Hall–Kier alpha value is -2.20. The molecule has 1 unspecified atom stereocenters. The summed E-state index contributed by atoms with van der Waals surface area (Å²) in [7, 11) is 0. The van der Waals surface area contributed by atoms with Gasteiger partial charge < -0.3 is 11.1 Å². The van der Waals surface area contributed by atoms with Gasteiger partial charge in [0, 0.05) is 0 Å². The standard InChI is InChI=1S/C18H19FN2O/c1-11(12-6-8-14(19)9-7-12)18(22)21-16-10-13-4-2-3-5-15(13)17(16)20/h2-9,11,16-17H,10,20H2,1H3,(H,21,22)/t11?,16-,17-/m0/s1. The molecule has 4 heteroatoms. The van der Waals surface area contributed by atoms with Gasteiger partial charge in [0.05, 0.1) is 18.0 Å². The van der Waals surface area contributed by atoms with E-state index in [-0.39, 0.29) is 29.7 Å². The van der Waals surface area contributed by atoms with Gasteiger partial charge in [0.15, 0.2) is 0 Å². The topological polar surface area (TPSA) is 55.1 Å². The Kier molecular flexibility index (Phi) is 3.94. The quantitative estimate of drug-likeness (QED) is 0.915. The number of rotatable bonds is 3. The Morgan fingerprint density at radius 3 is 2.59 bits per heavy atom. The second-order valence-corrected chi connectivity index (χ2v) is 5.82. The van der Waals surface area contributed by atoms with Crippen molar-refractivity contribution in [3.63, 3.8) is 0 Å². The SMILES string of the molecule is CC(C(=O)N[C@H]1Cc2ccccc2[C@@H]1N)c1ccc(F)cc1. The van der Waals surface area contributed by atoms with Crippen LogP contribution in [0.2, 0.25) is 0 Å². The normalized spacial score (nSPS) is 21.2. The van der Waals surface area contributed by atoms with Crippen LogP contribution in [0.1, 0.15) is 35.6 Å². The Labute approximate surface area is 129 Å². The molecule has 0 radical (unpaired) electrons. The minimum Gasteiger partial charge on any atom is -0.351 e. The number of fused-ring (bicyclic) bond motifs is 1. The number of benzene rings is 2. The first-order valence-corrected chi connectivity index (χ1v) is 7.45. The van der Waals surface area contributed by atoms with Crippen molar-refractivity contribution in [1.29, 1.82) is 0 Å². The van der Waals surface area contributed by atoms with Gasteiger partial charge in [0.1, 0.15) is 5.82 Å².